The van der Waals surface area contributed by atoms with Crippen molar-refractivity contribution >= 4 is 29.4 Å². The number of fused-ring (bicyclic) bond motifs is 1. The van der Waals surface area contributed by atoms with Crippen molar-refractivity contribution < 1.29 is 9.59 Å². The Morgan fingerprint density at radius 1 is 1.06 bits per heavy atom. The molecule has 36 heavy (non-hydrogen) atoms. The van der Waals surface area contributed by atoms with Crippen LogP contribution in [0.1, 0.15) is 65.2 Å². The van der Waals surface area contributed by atoms with Gasteiger partial charge in [-0.05, 0) is 73.8 Å². The maximum atomic E-state index is 12.8. The van der Waals surface area contributed by atoms with Crippen molar-refractivity contribution in [2.45, 2.75) is 44.7 Å². The molecule has 2 aliphatic heterocycles. The summed E-state index contributed by atoms with van der Waals surface area (Å²) in [6.45, 7) is 5.27. The molecule has 2 atom stereocenters. The number of carbonyl (C=O) groups is 2. The Bertz CT molecular complexity index is 1250. The van der Waals surface area contributed by atoms with Crippen molar-refractivity contribution in [3.8, 4) is 0 Å². The van der Waals surface area contributed by atoms with Gasteiger partial charge in [0, 0.05) is 24.0 Å². The number of rotatable bonds is 7. The second kappa shape index (κ2) is 10.9. The monoisotopic (exact) mass is 480 g/mol. The molecule has 0 spiro atoms. The van der Waals surface area contributed by atoms with E-state index < -0.39 is 5.92 Å². The third-order valence-electron chi connectivity index (χ3n) is 7.00. The zero-order valence-electron chi connectivity index (χ0n) is 20.6. The number of carbonyl (C=O) groups excluding carboxylic acids is 2. The van der Waals surface area contributed by atoms with Gasteiger partial charge in [0.15, 0.2) is 0 Å². The highest BCUT2D eigenvalue weighted by molar-refractivity contribution is 6.13. The Kier molecular flexibility index (Phi) is 7.23. The van der Waals surface area contributed by atoms with E-state index in [1.54, 1.807) is 18.3 Å². The number of benzene rings is 3. The van der Waals surface area contributed by atoms with Crippen LogP contribution in [0.25, 0.3) is 0 Å². The number of hydrogen-bond acceptors (Lipinski definition) is 4. The number of nitrogens with zero attached hydrogens (tertiary/aromatic N) is 2. The molecule has 2 N–H and O–H groups in total. The van der Waals surface area contributed by atoms with E-state index in [0.29, 0.717) is 11.3 Å². The molecule has 6 heteroatoms. The molecule has 0 aliphatic carbocycles. The van der Waals surface area contributed by atoms with Crippen LogP contribution < -0.4 is 10.6 Å². The first kappa shape index (κ1) is 23.9. The smallest absolute Gasteiger partial charge is 0.251 e. The molecule has 2 heterocycles. The number of anilines is 1. The third-order valence-corrected chi connectivity index (χ3v) is 7.00. The lowest BCUT2D eigenvalue weighted by atomic mass is 10.00. The molecule has 3 aromatic rings. The van der Waals surface area contributed by atoms with Gasteiger partial charge < -0.3 is 10.6 Å². The Morgan fingerprint density at radius 3 is 2.56 bits per heavy atom. The number of amides is 2. The molecule has 0 radical (unpaired) electrons. The largest absolute Gasteiger partial charge is 0.346 e. The van der Waals surface area contributed by atoms with Gasteiger partial charge in [-0.3, -0.25) is 19.5 Å². The predicted octanol–water partition coefficient (Wildman–Crippen LogP) is 5.60. The lowest BCUT2D eigenvalue weighted by Crippen LogP contribution is -2.28. The summed E-state index contributed by atoms with van der Waals surface area (Å²) in [4.78, 5) is 32.5. The number of piperidine rings is 1. The Hall–Kier alpha value is -3.77. The molecule has 184 valence electrons. The quantitative estimate of drug-likeness (QED) is 0.432. The molecule has 1 unspecified atom stereocenters. The van der Waals surface area contributed by atoms with Crippen LogP contribution in [0.5, 0.6) is 0 Å². The van der Waals surface area contributed by atoms with E-state index in [-0.39, 0.29) is 17.9 Å². The number of likely N-dealkylation sites (tertiary alicyclic amines) is 1. The Morgan fingerprint density at radius 2 is 1.81 bits per heavy atom. The zero-order chi connectivity index (χ0) is 24.9. The van der Waals surface area contributed by atoms with Crippen LogP contribution in [0, 0.1) is 0 Å². The number of aliphatic imine (C=N–C) groups is 1. The zero-order valence-corrected chi connectivity index (χ0v) is 20.6. The summed E-state index contributed by atoms with van der Waals surface area (Å²) in [5.41, 5.74) is 5.15. The minimum Gasteiger partial charge on any atom is -0.346 e. The summed E-state index contributed by atoms with van der Waals surface area (Å²) in [5.74, 6) is -0.788. The molecule has 2 aliphatic rings. The first-order chi connectivity index (χ1) is 17.6. The van der Waals surface area contributed by atoms with Crippen molar-refractivity contribution in [3.05, 3.63) is 95.1 Å². The number of nitrogens with one attached hydrogen (secondary N) is 2. The molecule has 5 rings (SSSR count). The Labute approximate surface area is 212 Å². The average Bonchev–Trinajstić information content (AvgIpc) is 3.23. The van der Waals surface area contributed by atoms with Crippen molar-refractivity contribution in [3.63, 3.8) is 0 Å². The van der Waals surface area contributed by atoms with E-state index >= 15 is 0 Å². The van der Waals surface area contributed by atoms with Gasteiger partial charge in [0.2, 0.25) is 5.91 Å². The summed E-state index contributed by atoms with van der Waals surface area (Å²) in [7, 11) is 0. The van der Waals surface area contributed by atoms with Gasteiger partial charge in [-0.2, -0.15) is 0 Å². The first-order valence-electron chi connectivity index (χ1n) is 12.7. The highest BCUT2D eigenvalue weighted by atomic mass is 16.2. The average molecular weight is 481 g/mol. The normalized spacial score (nSPS) is 18.6. The second-order valence-electron chi connectivity index (χ2n) is 9.66. The standard InChI is InChI=1S/C30H32N4O2/c1-21(23-8-4-2-5-9-23)32-29(35)24-12-15-26-27(30(36)33-28(26)18-24)19-31-25-13-10-22(11-14-25)20-34-16-6-3-7-17-34/h2,4-5,8-15,18-19,21,27H,3,6-7,16-17,20H2,1H3,(H,32,35)(H,33,36)/t21-,27?/m1/s1. The van der Waals surface area contributed by atoms with E-state index in [1.807, 2.05) is 55.5 Å². The molecule has 0 bridgehead atoms. The van der Waals surface area contributed by atoms with Crippen LogP contribution in [0.4, 0.5) is 11.4 Å². The van der Waals surface area contributed by atoms with Gasteiger partial charge >= 0.3 is 0 Å². The lowest BCUT2D eigenvalue weighted by Gasteiger charge is -2.26. The van der Waals surface area contributed by atoms with Crippen molar-refractivity contribution in [2.24, 2.45) is 4.99 Å². The molecular formula is C30H32N4O2. The van der Waals surface area contributed by atoms with Gasteiger partial charge in [0.1, 0.15) is 5.92 Å². The predicted molar refractivity (Wildman–Crippen MR) is 144 cm³/mol. The minimum absolute atomic E-state index is 0.118. The van der Waals surface area contributed by atoms with E-state index in [9.17, 15) is 9.59 Å². The van der Waals surface area contributed by atoms with Crippen LogP contribution in [-0.2, 0) is 11.3 Å². The Balaban J connectivity index is 1.23. The van der Waals surface area contributed by atoms with Crippen LogP contribution >= 0.6 is 0 Å². The fourth-order valence-electron chi connectivity index (χ4n) is 4.91. The van der Waals surface area contributed by atoms with Crippen molar-refractivity contribution in [1.29, 1.82) is 0 Å². The second-order valence-corrected chi connectivity index (χ2v) is 9.66. The summed E-state index contributed by atoms with van der Waals surface area (Å²) < 4.78 is 0. The molecular weight excluding hydrogens is 448 g/mol. The van der Waals surface area contributed by atoms with Crippen molar-refractivity contribution in [2.75, 3.05) is 18.4 Å². The fourth-order valence-corrected chi connectivity index (χ4v) is 4.91. The van der Waals surface area contributed by atoms with Crippen molar-refractivity contribution in [1.82, 2.24) is 10.2 Å². The molecule has 0 aromatic heterocycles. The summed E-state index contributed by atoms with van der Waals surface area (Å²) in [5, 5.41) is 5.92. The van der Waals surface area contributed by atoms with Crippen LogP contribution in [0.2, 0.25) is 0 Å². The third kappa shape index (κ3) is 5.55. The SMILES string of the molecule is C[C@@H](NC(=O)c1ccc2c(c1)NC(=O)C2C=Nc1ccc(CN2CCCCC2)cc1)c1ccccc1. The summed E-state index contributed by atoms with van der Waals surface area (Å²) in [6.07, 6.45) is 5.60. The van der Waals surface area contributed by atoms with Gasteiger partial charge in [-0.15, -0.1) is 0 Å². The van der Waals surface area contributed by atoms with Crippen LogP contribution in [-0.4, -0.2) is 36.0 Å². The molecule has 6 nitrogen and oxygen atoms in total. The van der Waals surface area contributed by atoms with E-state index in [0.717, 1.165) is 23.4 Å². The molecule has 1 fully saturated rings. The maximum absolute atomic E-state index is 12.8. The van der Waals surface area contributed by atoms with Gasteiger partial charge in [-0.25, -0.2) is 0 Å². The number of hydrogen-bond donors (Lipinski definition) is 2. The molecule has 3 aromatic carbocycles. The van der Waals surface area contributed by atoms with Gasteiger partial charge in [-0.1, -0.05) is 55.0 Å². The van der Waals surface area contributed by atoms with E-state index in [2.05, 4.69) is 32.7 Å². The van der Waals surface area contributed by atoms with Gasteiger partial charge in [0.05, 0.1) is 11.7 Å². The lowest BCUT2D eigenvalue weighted by molar-refractivity contribution is -0.115. The molecule has 2 amide bonds. The molecule has 0 saturated carbocycles. The highest BCUT2D eigenvalue weighted by Crippen LogP contribution is 2.33. The van der Waals surface area contributed by atoms with Crippen LogP contribution in [0.3, 0.4) is 0 Å². The summed E-state index contributed by atoms with van der Waals surface area (Å²) in [6, 6.07) is 23.3. The summed E-state index contributed by atoms with van der Waals surface area (Å²) >= 11 is 0. The maximum Gasteiger partial charge on any atom is 0.251 e. The molecule has 1 saturated heterocycles. The fraction of sp³-hybridized carbons (Fsp3) is 0.300. The van der Waals surface area contributed by atoms with E-state index in [1.165, 1.54) is 37.9 Å². The van der Waals surface area contributed by atoms with Crippen LogP contribution in [0.15, 0.2) is 77.8 Å². The first-order valence-corrected chi connectivity index (χ1v) is 12.7. The topological polar surface area (TPSA) is 73.8 Å². The van der Waals surface area contributed by atoms with Gasteiger partial charge in [0.25, 0.3) is 5.91 Å². The highest BCUT2D eigenvalue weighted by Gasteiger charge is 2.30. The minimum atomic E-state index is -0.478. The van der Waals surface area contributed by atoms with E-state index in [4.69, 9.17) is 0 Å².